The lowest BCUT2D eigenvalue weighted by Gasteiger charge is -2.10. The number of methoxy groups -OCH3 is 1. The quantitative estimate of drug-likeness (QED) is 0.612. The summed E-state index contributed by atoms with van der Waals surface area (Å²) in [6.45, 7) is 4.85. The lowest BCUT2D eigenvalue weighted by Crippen LogP contribution is -2.25. The standard InChI is InChI=1S/C18H18Cl2N2O2S/c1-4-14-15(11-5-6-12(19)13(20)9-11)16-17(25-14)21-10(2)22(18(16)23)7-8-24-3/h5-6,9H,4,7-8H2,1-3H3. The van der Waals surface area contributed by atoms with Gasteiger partial charge in [0.15, 0.2) is 0 Å². The lowest BCUT2D eigenvalue weighted by atomic mass is 10.0. The third-order valence-electron chi connectivity index (χ3n) is 4.12. The van der Waals surface area contributed by atoms with Crippen molar-refractivity contribution in [2.75, 3.05) is 13.7 Å². The van der Waals surface area contributed by atoms with Crippen molar-refractivity contribution in [2.24, 2.45) is 0 Å². The molecule has 0 aliphatic rings. The molecule has 2 heterocycles. The van der Waals surface area contributed by atoms with Crippen LogP contribution in [0.2, 0.25) is 10.0 Å². The predicted octanol–water partition coefficient (Wildman–Crippen LogP) is 4.95. The molecule has 3 aromatic rings. The van der Waals surface area contributed by atoms with Gasteiger partial charge in [-0.15, -0.1) is 11.3 Å². The van der Waals surface area contributed by atoms with Gasteiger partial charge in [0.25, 0.3) is 5.56 Å². The van der Waals surface area contributed by atoms with E-state index in [1.807, 2.05) is 19.1 Å². The summed E-state index contributed by atoms with van der Waals surface area (Å²) in [5.41, 5.74) is 1.75. The number of aromatic nitrogens is 2. The molecule has 7 heteroatoms. The van der Waals surface area contributed by atoms with Crippen molar-refractivity contribution >= 4 is 44.8 Å². The highest BCUT2D eigenvalue weighted by molar-refractivity contribution is 7.19. The van der Waals surface area contributed by atoms with Gasteiger partial charge >= 0.3 is 0 Å². The largest absolute Gasteiger partial charge is 0.383 e. The van der Waals surface area contributed by atoms with Crippen molar-refractivity contribution in [2.45, 2.75) is 26.8 Å². The molecule has 0 aliphatic carbocycles. The van der Waals surface area contributed by atoms with Gasteiger partial charge in [0.2, 0.25) is 0 Å². The summed E-state index contributed by atoms with van der Waals surface area (Å²) in [5, 5.41) is 1.61. The normalized spacial score (nSPS) is 11.4. The van der Waals surface area contributed by atoms with Gasteiger partial charge in [0.1, 0.15) is 10.7 Å². The Bertz CT molecular complexity index is 995. The number of aryl methyl sites for hydroxylation is 2. The molecule has 0 saturated heterocycles. The summed E-state index contributed by atoms with van der Waals surface area (Å²) >= 11 is 13.8. The molecule has 0 bridgehead atoms. The van der Waals surface area contributed by atoms with Gasteiger partial charge < -0.3 is 4.74 Å². The molecule has 0 amide bonds. The van der Waals surface area contributed by atoms with Gasteiger partial charge in [-0.05, 0) is 31.0 Å². The first-order valence-corrected chi connectivity index (χ1v) is 9.52. The number of ether oxygens (including phenoxy) is 1. The van der Waals surface area contributed by atoms with E-state index in [-0.39, 0.29) is 5.56 Å². The van der Waals surface area contributed by atoms with E-state index in [1.165, 1.54) is 0 Å². The van der Waals surface area contributed by atoms with Crippen molar-refractivity contribution in [3.63, 3.8) is 0 Å². The fraction of sp³-hybridized carbons (Fsp3) is 0.333. The SMILES string of the molecule is CCc1sc2nc(C)n(CCOC)c(=O)c2c1-c1ccc(Cl)c(Cl)c1. The summed E-state index contributed by atoms with van der Waals surface area (Å²) in [4.78, 5) is 19.7. The highest BCUT2D eigenvalue weighted by atomic mass is 35.5. The Morgan fingerprint density at radius 2 is 2.04 bits per heavy atom. The summed E-state index contributed by atoms with van der Waals surface area (Å²) in [6, 6.07) is 5.46. The van der Waals surface area contributed by atoms with E-state index in [2.05, 4.69) is 11.9 Å². The molecule has 0 unspecified atom stereocenters. The minimum Gasteiger partial charge on any atom is -0.383 e. The van der Waals surface area contributed by atoms with Crippen molar-refractivity contribution in [3.8, 4) is 11.1 Å². The first-order valence-electron chi connectivity index (χ1n) is 7.95. The number of rotatable bonds is 5. The summed E-state index contributed by atoms with van der Waals surface area (Å²) < 4.78 is 6.79. The fourth-order valence-electron chi connectivity index (χ4n) is 2.88. The van der Waals surface area contributed by atoms with Crippen molar-refractivity contribution in [3.05, 3.63) is 49.3 Å². The Labute approximate surface area is 160 Å². The zero-order chi connectivity index (χ0) is 18.1. The van der Waals surface area contributed by atoms with E-state index in [4.69, 9.17) is 27.9 Å². The van der Waals surface area contributed by atoms with E-state index in [0.29, 0.717) is 34.4 Å². The third kappa shape index (κ3) is 3.34. The monoisotopic (exact) mass is 396 g/mol. The lowest BCUT2D eigenvalue weighted by molar-refractivity contribution is 0.185. The molecule has 0 aliphatic heterocycles. The molecule has 1 aromatic carbocycles. The molecule has 3 rings (SSSR count). The number of halogens is 2. The van der Waals surface area contributed by atoms with Gasteiger partial charge in [0, 0.05) is 17.6 Å². The minimum absolute atomic E-state index is 0.0448. The maximum absolute atomic E-state index is 13.1. The summed E-state index contributed by atoms with van der Waals surface area (Å²) in [5.74, 6) is 0.694. The van der Waals surface area contributed by atoms with Gasteiger partial charge in [-0.1, -0.05) is 36.2 Å². The number of nitrogens with zero attached hydrogens (tertiary/aromatic N) is 2. The van der Waals surface area contributed by atoms with Crippen LogP contribution in [-0.4, -0.2) is 23.3 Å². The predicted molar refractivity (Wildman–Crippen MR) is 105 cm³/mol. The van der Waals surface area contributed by atoms with E-state index in [0.717, 1.165) is 27.3 Å². The molecule has 25 heavy (non-hydrogen) atoms. The smallest absolute Gasteiger partial charge is 0.262 e. The second-order valence-electron chi connectivity index (χ2n) is 5.67. The number of hydrogen-bond donors (Lipinski definition) is 0. The van der Waals surface area contributed by atoms with Crippen LogP contribution < -0.4 is 5.56 Å². The fourth-order valence-corrected chi connectivity index (χ4v) is 4.35. The molecular weight excluding hydrogens is 379 g/mol. The van der Waals surface area contributed by atoms with Crippen LogP contribution in [0, 0.1) is 6.92 Å². The van der Waals surface area contributed by atoms with Crippen LogP contribution in [0.4, 0.5) is 0 Å². The number of thiophene rings is 1. The first-order chi connectivity index (χ1) is 12.0. The van der Waals surface area contributed by atoms with Crippen LogP contribution in [0.1, 0.15) is 17.6 Å². The first kappa shape index (κ1) is 18.4. The van der Waals surface area contributed by atoms with Crippen LogP contribution in [0.5, 0.6) is 0 Å². The van der Waals surface area contributed by atoms with E-state index >= 15 is 0 Å². The number of fused-ring (bicyclic) bond motifs is 1. The number of benzene rings is 1. The third-order valence-corrected chi connectivity index (χ3v) is 6.09. The summed E-state index contributed by atoms with van der Waals surface area (Å²) in [7, 11) is 1.62. The topological polar surface area (TPSA) is 44.1 Å². The second kappa shape index (κ2) is 7.46. The average Bonchev–Trinajstić information content (AvgIpc) is 2.95. The van der Waals surface area contributed by atoms with Crippen LogP contribution in [0.15, 0.2) is 23.0 Å². The van der Waals surface area contributed by atoms with Crippen molar-refractivity contribution in [1.82, 2.24) is 9.55 Å². The molecule has 0 spiro atoms. The zero-order valence-corrected chi connectivity index (χ0v) is 16.6. The van der Waals surface area contributed by atoms with Crippen LogP contribution >= 0.6 is 34.5 Å². The van der Waals surface area contributed by atoms with Gasteiger partial charge in [-0.2, -0.15) is 0 Å². The molecule has 2 aromatic heterocycles. The van der Waals surface area contributed by atoms with Gasteiger partial charge in [-0.25, -0.2) is 4.98 Å². The summed E-state index contributed by atoms with van der Waals surface area (Å²) in [6.07, 6.45) is 0.813. The minimum atomic E-state index is -0.0448. The molecule has 0 atom stereocenters. The molecule has 0 N–H and O–H groups in total. The molecule has 4 nitrogen and oxygen atoms in total. The molecule has 0 radical (unpaired) electrons. The highest BCUT2D eigenvalue weighted by Gasteiger charge is 2.20. The Kier molecular flexibility index (Phi) is 5.49. The Balaban J connectivity index is 2.33. The van der Waals surface area contributed by atoms with E-state index in [1.54, 1.807) is 29.1 Å². The van der Waals surface area contributed by atoms with Crippen LogP contribution in [0.3, 0.4) is 0 Å². The van der Waals surface area contributed by atoms with E-state index < -0.39 is 0 Å². The molecule has 0 fully saturated rings. The van der Waals surface area contributed by atoms with Crippen LogP contribution in [0.25, 0.3) is 21.3 Å². The number of hydrogen-bond acceptors (Lipinski definition) is 4. The molecular formula is C18H18Cl2N2O2S. The molecule has 132 valence electrons. The van der Waals surface area contributed by atoms with Gasteiger partial charge in [0.05, 0.1) is 28.6 Å². The van der Waals surface area contributed by atoms with Crippen LogP contribution in [-0.2, 0) is 17.7 Å². The highest BCUT2D eigenvalue weighted by Crippen LogP contribution is 2.38. The maximum Gasteiger partial charge on any atom is 0.262 e. The Hall–Kier alpha value is -1.40. The maximum atomic E-state index is 13.1. The van der Waals surface area contributed by atoms with Crippen molar-refractivity contribution in [1.29, 1.82) is 0 Å². The Morgan fingerprint density at radius 1 is 1.28 bits per heavy atom. The van der Waals surface area contributed by atoms with E-state index in [9.17, 15) is 4.79 Å². The average molecular weight is 397 g/mol. The van der Waals surface area contributed by atoms with Gasteiger partial charge in [-0.3, -0.25) is 9.36 Å². The van der Waals surface area contributed by atoms with Crippen molar-refractivity contribution < 1.29 is 4.74 Å². The Morgan fingerprint density at radius 3 is 2.68 bits per heavy atom. The molecule has 0 saturated carbocycles. The zero-order valence-electron chi connectivity index (χ0n) is 14.2. The second-order valence-corrected chi connectivity index (χ2v) is 7.57.